The van der Waals surface area contributed by atoms with Crippen LogP contribution in [0.2, 0.25) is 0 Å². The molecule has 1 heterocycles. The number of ether oxygens (including phenoxy) is 3. The first-order valence-corrected chi connectivity index (χ1v) is 9.63. The Bertz CT molecular complexity index is 723. The number of hydrogen-bond donors (Lipinski definition) is 0. The fraction of sp³-hybridized carbons (Fsp3) is 0.588. The van der Waals surface area contributed by atoms with Gasteiger partial charge in [0.15, 0.2) is 6.61 Å². The SMILES string of the molecule is COC(=O)COc1cc(C)c(S(=O)(=O)N2CCOCC2)cc1C(C)C. The molecule has 0 unspecified atom stereocenters. The quantitative estimate of drug-likeness (QED) is 0.708. The van der Waals surface area contributed by atoms with Crippen LogP contribution in [0.5, 0.6) is 5.75 Å². The van der Waals surface area contributed by atoms with Crippen molar-refractivity contribution >= 4 is 16.0 Å². The third-order valence-electron chi connectivity index (χ3n) is 4.09. The predicted octanol–water partition coefficient (Wildman–Crippen LogP) is 1.69. The number of rotatable bonds is 6. The summed E-state index contributed by atoms with van der Waals surface area (Å²) in [5.74, 6) is 0.0445. The van der Waals surface area contributed by atoms with E-state index in [4.69, 9.17) is 9.47 Å². The summed E-state index contributed by atoms with van der Waals surface area (Å²) in [5.41, 5.74) is 1.32. The van der Waals surface area contributed by atoms with Crippen LogP contribution in [0.25, 0.3) is 0 Å². The van der Waals surface area contributed by atoms with Crippen molar-refractivity contribution < 1.29 is 27.4 Å². The maximum absolute atomic E-state index is 13.0. The predicted molar refractivity (Wildman–Crippen MR) is 92.4 cm³/mol. The van der Waals surface area contributed by atoms with Crippen molar-refractivity contribution in [1.82, 2.24) is 4.31 Å². The van der Waals surface area contributed by atoms with Gasteiger partial charge in [-0.2, -0.15) is 4.31 Å². The zero-order valence-electron chi connectivity index (χ0n) is 15.1. The van der Waals surface area contributed by atoms with E-state index in [1.165, 1.54) is 11.4 Å². The van der Waals surface area contributed by atoms with E-state index in [0.29, 0.717) is 37.6 Å². The summed E-state index contributed by atoms with van der Waals surface area (Å²) in [7, 11) is -2.31. The number of aryl methyl sites for hydroxylation is 1. The topological polar surface area (TPSA) is 82.1 Å². The van der Waals surface area contributed by atoms with Crippen LogP contribution in [0, 0.1) is 6.92 Å². The van der Waals surface area contributed by atoms with Crippen molar-refractivity contribution in [2.24, 2.45) is 0 Å². The summed E-state index contributed by atoms with van der Waals surface area (Å²) >= 11 is 0. The molecule has 8 heteroatoms. The fourth-order valence-corrected chi connectivity index (χ4v) is 4.30. The van der Waals surface area contributed by atoms with Crippen molar-refractivity contribution in [3.05, 3.63) is 23.3 Å². The average molecular weight is 371 g/mol. The van der Waals surface area contributed by atoms with Crippen LogP contribution in [-0.2, 0) is 24.3 Å². The van der Waals surface area contributed by atoms with Crippen molar-refractivity contribution in [3.8, 4) is 5.75 Å². The Labute approximate surface area is 148 Å². The molecule has 140 valence electrons. The van der Waals surface area contributed by atoms with Crippen LogP contribution in [-0.4, -0.2) is 58.7 Å². The Kier molecular flexibility index (Phi) is 6.42. The number of carbonyl (C=O) groups excluding carboxylic acids is 1. The highest BCUT2D eigenvalue weighted by molar-refractivity contribution is 7.89. The Morgan fingerprint density at radius 1 is 1.28 bits per heavy atom. The first kappa shape index (κ1) is 19.7. The van der Waals surface area contributed by atoms with Gasteiger partial charge in [-0.1, -0.05) is 13.8 Å². The van der Waals surface area contributed by atoms with Gasteiger partial charge in [-0.3, -0.25) is 0 Å². The molecule has 0 N–H and O–H groups in total. The number of benzene rings is 1. The summed E-state index contributed by atoms with van der Waals surface area (Å²) in [6.07, 6.45) is 0. The Balaban J connectivity index is 2.39. The number of sulfonamides is 1. The van der Waals surface area contributed by atoms with Gasteiger partial charge in [0, 0.05) is 13.1 Å². The Morgan fingerprint density at radius 3 is 2.48 bits per heavy atom. The minimum Gasteiger partial charge on any atom is -0.482 e. The first-order chi connectivity index (χ1) is 11.8. The lowest BCUT2D eigenvalue weighted by Gasteiger charge is -2.27. The molecule has 0 aromatic heterocycles. The Morgan fingerprint density at radius 2 is 1.92 bits per heavy atom. The zero-order chi connectivity index (χ0) is 18.6. The summed E-state index contributed by atoms with van der Waals surface area (Å²) in [6, 6.07) is 3.32. The molecule has 0 atom stereocenters. The highest BCUT2D eigenvalue weighted by Crippen LogP contribution is 2.33. The lowest BCUT2D eigenvalue weighted by atomic mass is 10.0. The molecule has 0 bridgehead atoms. The first-order valence-electron chi connectivity index (χ1n) is 8.19. The van der Waals surface area contributed by atoms with Crippen molar-refractivity contribution in [2.75, 3.05) is 40.0 Å². The molecule has 1 aliphatic heterocycles. The van der Waals surface area contributed by atoms with Crippen LogP contribution in [0.3, 0.4) is 0 Å². The monoisotopic (exact) mass is 371 g/mol. The molecule has 1 fully saturated rings. The molecule has 2 rings (SSSR count). The summed E-state index contributed by atoms with van der Waals surface area (Å²) in [6.45, 7) is 6.89. The maximum Gasteiger partial charge on any atom is 0.343 e. The van der Waals surface area contributed by atoms with Gasteiger partial charge in [-0.25, -0.2) is 13.2 Å². The molecular formula is C17H25NO6S. The van der Waals surface area contributed by atoms with E-state index in [2.05, 4.69) is 4.74 Å². The number of carbonyl (C=O) groups is 1. The number of methoxy groups -OCH3 is 1. The van der Waals surface area contributed by atoms with Crippen LogP contribution in [0.15, 0.2) is 17.0 Å². The molecule has 0 amide bonds. The van der Waals surface area contributed by atoms with Gasteiger partial charge < -0.3 is 14.2 Å². The third kappa shape index (κ3) is 4.50. The number of nitrogens with zero attached hydrogens (tertiary/aromatic N) is 1. The zero-order valence-corrected chi connectivity index (χ0v) is 15.9. The van der Waals surface area contributed by atoms with Gasteiger partial charge in [0.25, 0.3) is 0 Å². The smallest absolute Gasteiger partial charge is 0.343 e. The molecule has 25 heavy (non-hydrogen) atoms. The molecule has 1 aliphatic rings. The van der Waals surface area contributed by atoms with Gasteiger partial charge in [-0.15, -0.1) is 0 Å². The number of esters is 1. The lowest BCUT2D eigenvalue weighted by molar-refractivity contribution is -0.142. The Hall–Kier alpha value is -1.64. The second kappa shape index (κ2) is 8.16. The largest absolute Gasteiger partial charge is 0.482 e. The third-order valence-corrected chi connectivity index (χ3v) is 6.13. The molecular weight excluding hydrogens is 346 g/mol. The van der Waals surface area contributed by atoms with Crippen molar-refractivity contribution in [2.45, 2.75) is 31.6 Å². The van der Waals surface area contributed by atoms with Crippen LogP contribution < -0.4 is 4.74 Å². The molecule has 1 saturated heterocycles. The van der Waals surface area contributed by atoms with Crippen LogP contribution in [0.4, 0.5) is 0 Å². The van der Waals surface area contributed by atoms with Crippen molar-refractivity contribution in [1.29, 1.82) is 0 Å². The van der Waals surface area contributed by atoms with Gasteiger partial charge >= 0.3 is 5.97 Å². The summed E-state index contributed by atoms with van der Waals surface area (Å²) in [5, 5.41) is 0. The normalized spacial score (nSPS) is 16.0. The van der Waals surface area contributed by atoms with E-state index in [1.807, 2.05) is 13.8 Å². The minimum absolute atomic E-state index is 0.0342. The number of morpholine rings is 1. The van der Waals surface area contributed by atoms with Gasteiger partial charge in [0.1, 0.15) is 5.75 Å². The van der Waals surface area contributed by atoms with Gasteiger partial charge in [0.2, 0.25) is 10.0 Å². The summed E-state index contributed by atoms with van der Waals surface area (Å²) < 4.78 is 42.7. The molecule has 0 saturated carbocycles. The second-order valence-electron chi connectivity index (χ2n) is 6.19. The highest BCUT2D eigenvalue weighted by atomic mass is 32.2. The van der Waals surface area contributed by atoms with E-state index >= 15 is 0 Å². The molecule has 0 radical (unpaired) electrons. The molecule has 0 aliphatic carbocycles. The average Bonchev–Trinajstić information content (AvgIpc) is 2.59. The standard InChI is InChI=1S/C17H25NO6S/c1-12(2)14-10-16(25(20,21)18-5-7-23-8-6-18)13(3)9-15(14)24-11-17(19)22-4/h9-10,12H,5-8,11H2,1-4H3. The fourth-order valence-electron chi connectivity index (χ4n) is 2.65. The highest BCUT2D eigenvalue weighted by Gasteiger charge is 2.29. The second-order valence-corrected chi connectivity index (χ2v) is 8.10. The minimum atomic E-state index is -3.60. The summed E-state index contributed by atoms with van der Waals surface area (Å²) in [4.78, 5) is 11.6. The maximum atomic E-state index is 13.0. The van der Waals surface area contributed by atoms with E-state index < -0.39 is 16.0 Å². The molecule has 0 spiro atoms. The molecule has 1 aromatic rings. The van der Waals surface area contributed by atoms with E-state index in [9.17, 15) is 13.2 Å². The van der Waals surface area contributed by atoms with E-state index in [1.54, 1.807) is 19.1 Å². The van der Waals surface area contributed by atoms with Gasteiger partial charge in [0.05, 0.1) is 25.2 Å². The van der Waals surface area contributed by atoms with Crippen molar-refractivity contribution in [3.63, 3.8) is 0 Å². The van der Waals surface area contributed by atoms with Crippen LogP contribution in [0.1, 0.15) is 30.9 Å². The van der Waals surface area contributed by atoms with E-state index in [-0.39, 0.29) is 17.4 Å². The number of hydrogen-bond acceptors (Lipinski definition) is 6. The molecule has 1 aromatic carbocycles. The van der Waals surface area contributed by atoms with Gasteiger partial charge in [-0.05, 0) is 36.1 Å². The molecule has 7 nitrogen and oxygen atoms in total. The lowest BCUT2D eigenvalue weighted by Crippen LogP contribution is -2.40. The van der Waals surface area contributed by atoms with Crippen LogP contribution >= 0.6 is 0 Å². The van der Waals surface area contributed by atoms with E-state index in [0.717, 1.165) is 5.56 Å².